The number of benzene rings is 2. The Morgan fingerprint density at radius 2 is 1.77 bits per heavy atom. The van der Waals surface area contributed by atoms with Crippen LogP contribution in [0.4, 0.5) is 0 Å². The van der Waals surface area contributed by atoms with E-state index in [1.165, 1.54) is 4.90 Å². The third-order valence-corrected chi connectivity index (χ3v) is 7.65. The van der Waals surface area contributed by atoms with Crippen molar-refractivity contribution in [2.45, 2.75) is 43.2 Å². The van der Waals surface area contributed by atoms with Gasteiger partial charge in [-0.3, -0.25) is 14.5 Å². The van der Waals surface area contributed by atoms with Gasteiger partial charge in [0.1, 0.15) is 0 Å². The van der Waals surface area contributed by atoms with Crippen LogP contribution in [0.5, 0.6) is 0 Å². The fourth-order valence-electron chi connectivity index (χ4n) is 5.52. The summed E-state index contributed by atoms with van der Waals surface area (Å²) in [5, 5.41) is 1.81. The molecule has 1 aliphatic carbocycles. The lowest BCUT2D eigenvalue weighted by atomic mass is 9.59. The van der Waals surface area contributed by atoms with Gasteiger partial charge in [-0.15, -0.1) is 0 Å². The van der Waals surface area contributed by atoms with Gasteiger partial charge in [-0.05, 0) is 67.0 Å². The number of likely N-dealkylation sites (tertiary alicyclic amines) is 1. The number of fused-ring (bicyclic) bond motifs is 1. The van der Waals surface area contributed by atoms with E-state index >= 15 is 0 Å². The van der Waals surface area contributed by atoms with Crippen LogP contribution in [0.15, 0.2) is 42.5 Å². The van der Waals surface area contributed by atoms with E-state index < -0.39 is 5.60 Å². The van der Waals surface area contributed by atoms with E-state index in [0.717, 1.165) is 11.1 Å². The zero-order chi connectivity index (χ0) is 21.6. The Kier molecular flexibility index (Phi) is 5.88. The van der Waals surface area contributed by atoms with E-state index in [1.807, 2.05) is 43.3 Å². The van der Waals surface area contributed by atoms with Crippen molar-refractivity contribution in [3.63, 3.8) is 0 Å². The number of rotatable bonds is 4. The number of halogens is 3. The highest BCUT2D eigenvalue weighted by molar-refractivity contribution is 6.35. The van der Waals surface area contributed by atoms with Crippen LogP contribution in [0, 0.1) is 5.92 Å². The summed E-state index contributed by atoms with van der Waals surface area (Å²) >= 11 is 18.9. The quantitative estimate of drug-likeness (QED) is 0.543. The molecule has 2 aromatic carbocycles. The molecule has 0 bridgehead atoms. The Balaban J connectivity index is 1.90. The van der Waals surface area contributed by atoms with Crippen LogP contribution < -0.4 is 0 Å². The van der Waals surface area contributed by atoms with Crippen LogP contribution >= 0.6 is 34.8 Å². The molecule has 2 aromatic rings. The van der Waals surface area contributed by atoms with Gasteiger partial charge in [-0.25, -0.2) is 0 Å². The molecule has 1 saturated heterocycles. The maximum absolute atomic E-state index is 13.2. The minimum atomic E-state index is -1.04. The molecular formula is C23H22Cl3NO3. The number of hydrogen-bond acceptors (Lipinski definition) is 3. The molecular weight excluding hydrogens is 445 g/mol. The highest BCUT2D eigenvalue weighted by Gasteiger charge is 2.64. The Hall–Kier alpha value is -1.59. The van der Waals surface area contributed by atoms with Crippen molar-refractivity contribution < 1.29 is 14.3 Å². The molecule has 4 rings (SSSR count). The Labute approximate surface area is 191 Å². The molecule has 1 aliphatic heterocycles. The molecule has 0 aromatic heterocycles. The van der Waals surface area contributed by atoms with Gasteiger partial charge in [-0.1, -0.05) is 53.0 Å². The summed E-state index contributed by atoms with van der Waals surface area (Å²) in [5.74, 6) is -0.561. The molecule has 1 heterocycles. The van der Waals surface area contributed by atoms with Crippen LogP contribution in [0.25, 0.3) is 0 Å². The second kappa shape index (κ2) is 8.16. The number of hydrogen-bond donors (Lipinski definition) is 0. The minimum absolute atomic E-state index is 0.0334. The molecule has 2 fully saturated rings. The van der Waals surface area contributed by atoms with Gasteiger partial charge < -0.3 is 4.74 Å². The number of imide groups is 1. The Morgan fingerprint density at radius 3 is 2.37 bits per heavy atom. The van der Waals surface area contributed by atoms with Crippen LogP contribution in [0.1, 0.15) is 42.7 Å². The summed E-state index contributed by atoms with van der Waals surface area (Å²) in [6.07, 6.45) is 1.81. The maximum atomic E-state index is 13.2. The van der Waals surface area contributed by atoms with Gasteiger partial charge in [0.2, 0.25) is 6.41 Å². The number of carbonyl (C=O) groups is 2. The standard InChI is InChI=1S/C23H22Cl3NO3/c1-13-21-20(14-3-5-15(24)6-4-14)18(17-8-7-16(25)11-19(17)26)9-10-23(21,30-2)22(29)27(13)12-28/h3-8,11-13,18,20-21H,9-10H2,1-2H3. The van der Waals surface area contributed by atoms with E-state index in [2.05, 4.69) is 0 Å². The first-order valence-electron chi connectivity index (χ1n) is 9.87. The first kappa shape index (κ1) is 21.6. The molecule has 2 amide bonds. The summed E-state index contributed by atoms with van der Waals surface area (Å²) < 4.78 is 5.90. The van der Waals surface area contributed by atoms with Gasteiger partial charge in [0, 0.05) is 34.1 Å². The van der Waals surface area contributed by atoms with Crippen LogP contribution in [0.2, 0.25) is 15.1 Å². The molecule has 5 atom stereocenters. The third-order valence-electron chi connectivity index (χ3n) is 6.84. The predicted molar refractivity (Wildman–Crippen MR) is 118 cm³/mol. The van der Waals surface area contributed by atoms with Crippen LogP contribution in [-0.4, -0.2) is 36.0 Å². The topological polar surface area (TPSA) is 46.6 Å². The molecule has 30 heavy (non-hydrogen) atoms. The molecule has 1 saturated carbocycles. The van der Waals surface area contributed by atoms with Crippen molar-refractivity contribution in [2.75, 3.05) is 7.11 Å². The number of carbonyl (C=O) groups excluding carboxylic acids is 2. The average Bonchev–Trinajstić information content (AvgIpc) is 2.95. The van der Waals surface area contributed by atoms with Crippen LogP contribution in [-0.2, 0) is 14.3 Å². The lowest BCUT2D eigenvalue weighted by molar-refractivity contribution is -0.155. The number of nitrogens with zero attached hydrogens (tertiary/aromatic N) is 1. The summed E-state index contributed by atoms with van der Waals surface area (Å²) in [6.45, 7) is 1.91. The first-order chi connectivity index (χ1) is 14.3. The van der Waals surface area contributed by atoms with E-state index in [-0.39, 0.29) is 29.7 Å². The Morgan fingerprint density at radius 1 is 1.10 bits per heavy atom. The average molecular weight is 467 g/mol. The molecule has 5 unspecified atom stereocenters. The number of methoxy groups -OCH3 is 1. The van der Waals surface area contributed by atoms with E-state index in [1.54, 1.807) is 13.2 Å². The second-order valence-corrected chi connectivity index (χ2v) is 9.35. The predicted octanol–water partition coefficient (Wildman–Crippen LogP) is 5.70. The van der Waals surface area contributed by atoms with E-state index in [4.69, 9.17) is 39.5 Å². The summed E-state index contributed by atoms with van der Waals surface area (Å²) in [5.41, 5.74) is 0.976. The van der Waals surface area contributed by atoms with Gasteiger partial charge in [0.25, 0.3) is 5.91 Å². The fourth-order valence-corrected chi connectivity index (χ4v) is 6.19. The maximum Gasteiger partial charge on any atom is 0.261 e. The molecule has 2 aliphatic rings. The summed E-state index contributed by atoms with van der Waals surface area (Å²) in [6, 6.07) is 12.9. The first-order valence-corrected chi connectivity index (χ1v) is 11.0. The van der Waals surface area contributed by atoms with E-state index in [9.17, 15) is 9.59 Å². The van der Waals surface area contributed by atoms with Crippen molar-refractivity contribution >= 4 is 47.1 Å². The molecule has 7 heteroatoms. The smallest absolute Gasteiger partial charge is 0.261 e. The van der Waals surface area contributed by atoms with Crippen molar-refractivity contribution in [2.24, 2.45) is 5.92 Å². The highest BCUT2D eigenvalue weighted by Crippen LogP contribution is 2.58. The number of amides is 2. The molecule has 4 nitrogen and oxygen atoms in total. The summed E-state index contributed by atoms with van der Waals surface area (Å²) in [7, 11) is 1.56. The highest BCUT2D eigenvalue weighted by atomic mass is 35.5. The molecule has 0 spiro atoms. The van der Waals surface area contributed by atoms with Gasteiger partial charge >= 0.3 is 0 Å². The largest absolute Gasteiger partial charge is 0.368 e. The molecule has 0 radical (unpaired) electrons. The van der Waals surface area contributed by atoms with Crippen LogP contribution in [0.3, 0.4) is 0 Å². The lowest BCUT2D eigenvalue weighted by Gasteiger charge is -2.46. The van der Waals surface area contributed by atoms with Crippen molar-refractivity contribution in [1.29, 1.82) is 0 Å². The zero-order valence-corrected chi connectivity index (χ0v) is 18.9. The normalized spacial score (nSPS) is 31.0. The van der Waals surface area contributed by atoms with Gasteiger partial charge in [0.15, 0.2) is 5.60 Å². The fraction of sp³-hybridized carbons (Fsp3) is 0.391. The van der Waals surface area contributed by atoms with Gasteiger partial charge in [-0.2, -0.15) is 0 Å². The Bertz CT molecular complexity index is 980. The van der Waals surface area contributed by atoms with E-state index in [0.29, 0.717) is 34.3 Å². The second-order valence-electron chi connectivity index (χ2n) is 8.07. The zero-order valence-electron chi connectivity index (χ0n) is 16.6. The van der Waals surface area contributed by atoms with Gasteiger partial charge in [0.05, 0.1) is 0 Å². The molecule has 0 N–H and O–H groups in total. The van der Waals surface area contributed by atoms with Crippen molar-refractivity contribution in [3.8, 4) is 0 Å². The number of ether oxygens (including phenoxy) is 1. The summed E-state index contributed by atoms with van der Waals surface area (Å²) in [4.78, 5) is 26.3. The van der Waals surface area contributed by atoms with Crippen molar-refractivity contribution in [3.05, 3.63) is 68.7 Å². The SMILES string of the molecule is COC12CCC(c3ccc(Cl)cc3Cl)C(c3ccc(Cl)cc3)C1C(C)N(C=O)C2=O. The molecule has 158 valence electrons. The van der Waals surface area contributed by atoms with Crippen molar-refractivity contribution in [1.82, 2.24) is 4.90 Å². The lowest BCUT2D eigenvalue weighted by Crippen LogP contribution is -2.51. The monoisotopic (exact) mass is 465 g/mol. The minimum Gasteiger partial charge on any atom is -0.368 e. The third kappa shape index (κ3) is 3.25.